The Morgan fingerprint density at radius 1 is 1.17 bits per heavy atom. The number of rotatable bonds is 5. The third-order valence-corrected chi connectivity index (χ3v) is 4.63. The summed E-state index contributed by atoms with van der Waals surface area (Å²) >= 11 is 12.2. The Balaban J connectivity index is 1.83. The van der Waals surface area contributed by atoms with Crippen LogP contribution in [0.15, 0.2) is 64.6 Å². The molecule has 1 aromatic heterocycles. The fourth-order valence-corrected chi connectivity index (χ4v) is 2.85. The topological polar surface area (TPSA) is 109 Å². The van der Waals surface area contributed by atoms with E-state index in [1.54, 1.807) is 36.4 Å². The summed E-state index contributed by atoms with van der Waals surface area (Å²) in [7, 11) is 0. The van der Waals surface area contributed by atoms with E-state index in [-0.39, 0.29) is 22.7 Å². The van der Waals surface area contributed by atoms with Crippen LogP contribution < -0.4 is 5.32 Å². The highest BCUT2D eigenvalue weighted by molar-refractivity contribution is 6.43. The normalized spacial score (nSPS) is 11.0. The van der Waals surface area contributed by atoms with Crippen molar-refractivity contribution in [2.75, 3.05) is 5.32 Å². The largest absolute Gasteiger partial charge is 0.457 e. The zero-order chi connectivity index (χ0) is 21.0. The van der Waals surface area contributed by atoms with Crippen LogP contribution in [0.5, 0.6) is 0 Å². The molecule has 7 nitrogen and oxygen atoms in total. The number of nitrogens with zero attached hydrogens (tertiary/aromatic N) is 2. The number of nitriles is 1. The fraction of sp³-hybridized carbons (Fsp3) is 0. The van der Waals surface area contributed by atoms with Crippen LogP contribution in [0.3, 0.4) is 0 Å². The number of halogens is 2. The fourth-order valence-electron chi connectivity index (χ4n) is 2.46. The predicted octanol–water partition coefficient (Wildman–Crippen LogP) is 5.71. The average molecular weight is 428 g/mol. The van der Waals surface area contributed by atoms with Gasteiger partial charge in [-0.25, -0.2) is 0 Å². The number of non-ortho nitro benzene ring substituents is 1. The molecule has 0 saturated carbocycles. The van der Waals surface area contributed by atoms with E-state index in [0.29, 0.717) is 21.4 Å². The van der Waals surface area contributed by atoms with Crippen molar-refractivity contribution in [1.82, 2.24) is 0 Å². The Morgan fingerprint density at radius 3 is 2.66 bits per heavy atom. The number of carbonyl (C=O) groups excluding carboxylic acids is 1. The summed E-state index contributed by atoms with van der Waals surface area (Å²) in [4.78, 5) is 22.6. The van der Waals surface area contributed by atoms with E-state index in [0.717, 1.165) is 0 Å². The molecule has 9 heteroatoms. The first kappa shape index (κ1) is 20.1. The quantitative estimate of drug-likeness (QED) is 0.242. The van der Waals surface area contributed by atoms with Gasteiger partial charge in [0.05, 0.1) is 15.0 Å². The third-order valence-electron chi connectivity index (χ3n) is 3.81. The second kappa shape index (κ2) is 8.61. The molecule has 0 aliphatic carbocycles. The molecule has 0 bridgehead atoms. The van der Waals surface area contributed by atoms with Crippen molar-refractivity contribution in [3.05, 3.63) is 86.1 Å². The molecule has 0 saturated heterocycles. The minimum Gasteiger partial charge on any atom is -0.457 e. The number of nitro groups is 1. The Hall–Kier alpha value is -3.60. The smallest absolute Gasteiger partial charge is 0.271 e. The average Bonchev–Trinajstić information content (AvgIpc) is 3.16. The molecule has 0 aliphatic rings. The van der Waals surface area contributed by atoms with Gasteiger partial charge in [0, 0.05) is 29.5 Å². The summed E-state index contributed by atoms with van der Waals surface area (Å²) in [6.45, 7) is 0. The van der Waals surface area contributed by atoms with Gasteiger partial charge in [0.15, 0.2) is 0 Å². The van der Waals surface area contributed by atoms with Gasteiger partial charge >= 0.3 is 0 Å². The minimum absolute atomic E-state index is 0.181. The molecule has 3 aromatic rings. The molecule has 0 unspecified atom stereocenters. The van der Waals surface area contributed by atoms with E-state index >= 15 is 0 Å². The van der Waals surface area contributed by atoms with Crippen LogP contribution in [-0.2, 0) is 4.79 Å². The molecule has 0 spiro atoms. The molecule has 2 aromatic carbocycles. The molecular formula is C20H11Cl2N3O4. The monoisotopic (exact) mass is 427 g/mol. The van der Waals surface area contributed by atoms with Crippen molar-refractivity contribution < 1.29 is 14.1 Å². The molecule has 1 N–H and O–H groups in total. The van der Waals surface area contributed by atoms with Gasteiger partial charge in [-0.15, -0.1) is 0 Å². The second-order valence-corrected chi connectivity index (χ2v) is 6.52. The first-order valence-electron chi connectivity index (χ1n) is 8.11. The van der Waals surface area contributed by atoms with Gasteiger partial charge in [-0.2, -0.15) is 5.26 Å². The number of carbonyl (C=O) groups is 1. The summed E-state index contributed by atoms with van der Waals surface area (Å²) in [5, 5.41) is 23.3. The van der Waals surface area contributed by atoms with Crippen molar-refractivity contribution in [2.24, 2.45) is 0 Å². The van der Waals surface area contributed by atoms with Gasteiger partial charge in [0.25, 0.3) is 11.6 Å². The number of amides is 1. The number of anilines is 1. The highest BCUT2D eigenvalue weighted by atomic mass is 35.5. The molecule has 144 valence electrons. The Labute approximate surface area is 174 Å². The number of nitro benzene ring substituents is 1. The number of hydrogen-bond donors (Lipinski definition) is 1. The van der Waals surface area contributed by atoms with Gasteiger partial charge in [-0.3, -0.25) is 14.9 Å². The lowest BCUT2D eigenvalue weighted by Gasteiger charge is -2.04. The SMILES string of the molecule is N#CC(=Cc1ccc(-c2cccc(Cl)c2Cl)o1)C(=O)Nc1cccc([N+](=O)[O-])c1. The van der Waals surface area contributed by atoms with Crippen molar-refractivity contribution in [3.63, 3.8) is 0 Å². The Morgan fingerprint density at radius 2 is 1.93 bits per heavy atom. The highest BCUT2D eigenvalue weighted by Crippen LogP contribution is 2.34. The summed E-state index contributed by atoms with van der Waals surface area (Å²) in [6, 6.07) is 15.5. The second-order valence-electron chi connectivity index (χ2n) is 5.73. The predicted molar refractivity (Wildman–Crippen MR) is 109 cm³/mol. The van der Waals surface area contributed by atoms with Crippen LogP contribution in [-0.4, -0.2) is 10.8 Å². The molecule has 1 heterocycles. The molecule has 0 fully saturated rings. The van der Waals surface area contributed by atoms with Crippen molar-refractivity contribution in [1.29, 1.82) is 5.26 Å². The van der Waals surface area contributed by atoms with Crippen LogP contribution in [0.1, 0.15) is 5.76 Å². The van der Waals surface area contributed by atoms with E-state index in [1.165, 1.54) is 30.3 Å². The maximum absolute atomic E-state index is 12.4. The molecule has 0 atom stereocenters. The van der Waals surface area contributed by atoms with Crippen molar-refractivity contribution in [3.8, 4) is 17.4 Å². The van der Waals surface area contributed by atoms with E-state index in [9.17, 15) is 20.2 Å². The van der Waals surface area contributed by atoms with E-state index < -0.39 is 10.8 Å². The third kappa shape index (κ3) is 4.63. The lowest BCUT2D eigenvalue weighted by molar-refractivity contribution is -0.384. The molecule has 3 rings (SSSR count). The Kier molecular flexibility index (Phi) is 5.98. The lowest BCUT2D eigenvalue weighted by atomic mass is 10.2. The molecular weight excluding hydrogens is 417 g/mol. The number of hydrogen-bond acceptors (Lipinski definition) is 5. The first-order chi connectivity index (χ1) is 13.9. The number of nitrogens with one attached hydrogen (secondary N) is 1. The number of furan rings is 1. The van der Waals surface area contributed by atoms with Crippen molar-refractivity contribution in [2.45, 2.75) is 0 Å². The van der Waals surface area contributed by atoms with Gasteiger partial charge < -0.3 is 9.73 Å². The van der Waals surface area contributed by atoms with Gasteiger partial charge in [-0.1, -0.05) is 35.3 Å². The van der Waals surface area contributed by atoms with Crippen LogP contribution in [0, 0.1) is 21.4 Å². The zero-order valence-electron chi connectivity index (χ0n) is 14.6. The van der Waals surface area contributed by atoms with Gasteiger partial charge in [0.1, 0.15) is 23.2 Å². The summed E-state index contributed by atoms with van der Waals surface area (Å²) in [6.07, 6.45) is 1.26. The summed E-state index contributed by atoms with van der Waals surface area (Å²) in [5.74, 6) is -0.0614. The van der Waals surface area contributed by atoms with E-state index in [2.05, 4.69) is 5.32 Å². The molecule has 1 amide bonds. The van der Waals surface area contributed by atoms with Crippen LogP contribution in [0.2, 0.25) is 10.0 Å². The first-order valence-corrected chi connectivity index (χ1v) is 8.86. The maximum atomic E-state index is 12.4. The van der Waals surface area contributed by atoms with Crippen molar-refractivity contribution >= 4 is 46.6 Å². The highest BCUT2D eigenvalue weighted by Gasteiger charge is 2.14. The Bertz CT molecular complexity index is 1180. The van der Waals surface area contributed by atoms with Crippen LogP contribution >= 0.6 is 23.2 Å². The minimum atomic E-state index is -0.730. The molecule has 29 heavy (non-hydrogen) atoms. The van der Waals surface area contributed by atoms with E-state index in [4.69, 9.17) is 27.6 Å². The summed E-state index contributed by atoms with van der Waals surface area (Å²) < 4.78 is 5.65. The molecule has 0 aliphatic heterocycles. The van der Waals surface area contributed by atoms with Crippen LogP contribution in [0.4, 0.5) is 11.4 Å². The standard InChI is InChI=1S/C20H11Cl2N3O4/c21-17-6-2-5-16(19(17)22)18-8-7-15(29-18)9-12(11-23)20(26)24-13-3-1-4-14(10-13)25(27)28/h1-10H,(H,24,26). The van der Waals surface area contributed by atoms with Crippen LogP contribution in [0.25, 0.3) is 17.4 Å². The van der Waals surface area contributed by atoms with E-state index in [1.807, 2.05) is 0 Å². The van der Waals surface area contributed by atoms with Gasteiger partial charge in [-0.05, 0) is 30.3 Å². The lowest BCUT2D eigenvalue weighted by Crippen LogP contribution is -2.13. The van der Waals surface area contributed by atoms with Gasteiger partial charge in [0.2, 0.25) is 0 Å². The zero-order valence-corrected chi connectivity index (χ0v) is 16.1. The maximum Gasteiger partial charge on any atom is 0.271 e. The number of benzene rings is 2. The summed E-state index contributed by atoms with van der Waals surface area (Å²) in [5.41, 5.74) is 0.337. The molecule has 0 radical (unpaired) electrons.